The average Bonchev–Trinajstić information content (AvgIpc) is 2.28. The molecule has 3 heteroatoms. The molecule has 15 heavy (non-hydrogen) atoms. The fourth-order valence-electron chi connectivity index (χ4n) is 1.97. The predicted octanol–water partition coefficient (Wildman–Crippen LogP) is 1.47. The Morgan fingerprint density at radius 3 is 2.80 bits per heavy atom. The maximum Gasteiger partial charge on any atom is 0.0700 e. The van der Waals surface area contributed by atoms with Crippen LogP contribution in [0.2, 0.25) is 0 Å². The third-order valence-corrected chi connectivity index (χ3v) is 3.52. The zero-order valence-electron chi connectivity index (χ0n) is 10.4. The Hall–Kier alpha value is -0.120. The van der Waals surface area contributed by atoms with Crippen molar-refractivity contribution in [3.63, 3.8) is 0 Å². The van der Waals surface area contributed by atoms with Gasteiger partial charge in [0.15, 0.2) is 0 Å². The van der Waals surface area contributed by atoms with E-state index in [1.807, 2.05) is 0 Å². The van der Waals surface area contributed by atoms with Gasteiger partial charge in [0.05, 0.1) is 12.7 Å². The lowest BCUT2D eigenvalue weighted by atomic mass is 9.99. The highest BCUT2D eigenvalue weighted by Crippen LogP contribution is 2.11. The van der Waals surface area contributed by atoms with Crippen molar-refractivity contribution in [3.05, 3.63) is 0 Å². The molecule has 0 amide bonds. The molecule has 3 unspecified atom stereocenters. The topological polar surface area (TPSA) is 38.5 Å². The number of ether oxygens (including phenoxy) is 1. The van der Waals surface area contributed by atoms with Gasteiger partial charge < -0.3 is 10.5 Å². The van der Waals surface area contributed by atoms with Crippen LogP contribution in [0.5, 0.6) is 0 Å². The van der Waals surface area contributed by atoms with Crippen molar-refractivity contribution in [2.24, 2.45) is 11.7 Å². The summed E-state index contributed by atoms with van der Waals surface area (Å²) in [4.78, 5) is 2.45. The molecule has 2 N–H and O–H groups in total. The summed E-state index contributed by atoms with van der Waals surface area (Å²) in [5.41, 5.74) is 6.16. The van der Waals surface area contributed by atoms with Crippen molar-refractivity contribution < 1.29 is 4.74 Å². The molecular formula is C12H26N2O. The Kier molecular flexibility index (Phi) is 5.58. The van der Waals surface area contributed by atoms with Crippen LogP contribution in [-0.2, 0) is 4.74 Å². The second kappa shape index (κ2) is 6.46. The van der Waals surface area contributed by atoms with Crippen molar-refractivity contribution in [2.75, 3.05) is 26.2 Å². The van der Waals surface area contributed by atoms with Gasteiger partial charge in [0.25, 0.3) is 0 Å². The molecule has 0 aromatic heterocycles. The fraction of sp³-hybridized carbons (Fsp3) is 1.00. The lowest BCUT2D eigenvalue weighted by molar-refractivity contribution is -0.0324. The minimum atomic E-state index is 0.311. The van der Waals surface area contributed by atoms with Gasteiger partial charge in [-0.1, -0.05) is 27.2 Å². The van der Waals surface area contributed by atoms with Crippen LogP contribution in [0.4, 0.5) is 0 Å². The standard InChI is InChI=1S/C12H26N2O/c1-4-10(3)12(13)9-14-6-7-15-11(5-2)8-14/h10-12H,4-9,13H2,1-3H3. The lowest BCUT2D eigenvalue weighted by Crippen LogP contribution is -2.48. The quantitative estimate of drug-likeness (QED) is 0.753. The Labute approximate surface area is 94.0 Å². The van der Waals surface area contributed by atoms with Gasteiger partial charge in [0, 0.05) is 25.7 Å². The van der Waals surface area contributed by atoms with E-state index < -0.39 is 0 Å². The number of morpholine rings is 1. The largest absolute Gasteiger partial charge is 0.376 e. The SMILES string of the molecule is CCC1CN(CC(N)C(C)CC)CCO1. The smallest absolute Gasteiger partial charge is 0.0700 e. The molecule has 1 aliphatic heterocycles. The van der Waals surface area contributed by atoms with E-state index in [0.29, 0.717) is 18.1 Å². The summed E-state index contributed by atoms with van der Waals surface area (Å²) in [6.45, 7) is 10.6. The first-order valence-corrected chi connectivity index (χ1v) is 6.26. The molecule has 90 valence electrons. The minimum absolute atomic E-state index is 0.311. The van der Waals surface area contributed by atoms with Crippen LogP contribution in [0.3, 0.4) is 0 Å². The summed E-state index contributed by atoms with van der Waals surface area (Å²) in [7, 11) is 0. The molecule has 1 rings (SSSR count). The zero-order chi connectivity index (χ0) is 11.3. The molecule has 0 bridgehead atoms. The van der Waals surface area contributed by atoms with E-state index in [0.717, 1.165) is 32.7 Å². The van der Waals surface area contributed by atoms with Crippen molar-refractivity contribution >= 4 is 0 Å². The number of hydrogen-bond acceptors (Lipinski definition) is 3. The van der Waals surface area contributed by atoms with Gasteiger partial charge in [0.2, 0.25) is 0 Å². The van der Waals surface area contributed by atoms with Crippen molar-refractivity contribution in [2.45, 2.75) is 45.8 Å². The van der Waals surface area contributed by atoms with Crippen LogP contribution in [-0.4, -0.2) is 43.3 Å². The van der Waals surface area contributed by atoms with Crippen LogP contribution in [0.1, 0.15) is 33.6 Å². The second-order valence-corrected chi connectivity index (χ2v) is 4.71. The molecule has 1 saturated heterocycles. The normalized spacial score (nSPS) is 27.6. The zero-order valence-corrected chi connectivity index (χ0v) is 10.4. The van der Waals surface area contributed by atoms with E-state index in [4.69, 9.17) is 10.5 Å². The van der Waals surface area contributed by atoms with Gasteiger partial charge in [-0.25, -0.2) is 0 Å². The van der Waals surface area contributed by atoms with Gasteiger partial charge in [-0.15, -0.1) is 0 Å². The number of rotatable bonds is 5. The third kappa shape index (κ3) is 4.09. The molecule has 1 aliphatic rings. The molecule has 3 nitrogen and oxygen atoms in total. The first-order chi connectivity index (χ1) is 7.17. The molecule has 0 saturated carbocycles. The summed E-state index contributed by atoms with van der Waals surface area (Å²) in [5.74, 6) is 0.618. The first kappa shape index (κ1) is 12.9. The Balaban J connectivity index is 2.31. The molecule has 0 aromatic carbocycles. The lowest BCUT2D eigenvalue weighted by Gasteiger charge is -2.35. The average molecular weight is 214 g/mol. The maximum atomic E-state index is 6.16. The van der Waals surface area contributed by atoms with Gasteiger partial charge in [-0.3, -0.25) is 4.90 Å². The third-order valence-electron chi connectivity index (χ3n) is 3.52. The van der Waals surface area contributed by atoms with E-state index in [1.165, 1.54) is 6.42 Å². The highest BCUT2D eigenvalue weighted by molar-refractivity contribution is 4.77. The highest BCUT2D eigenvalue weighted by atomic mass is 16.5. The molecular weight excluding hydrogens is 188 g/mol. The molecule has 1 heterocycles. The number of nitrogens with two attached hydrogens (primary N) is 1. The van der Waals surface area contributed by atoms with Gasteiger partial charge in [0.1, 0.15) is 0 Å². The maximum absolute atomic E-state index is 6.16. The monoisotopic (exact) mass is 214 g/mol. The van der Waals surface area contributed by atoms with Crippen molar-refractivity contribution in [1.82, 2.24) is 4.90 Å². The summed E-state index contributed by atoms with van der Waals surface area (Å²) in [6, 6.07) is 0.311. The second-order valence-electron chi connectivity index (χ2n) is 4.71. The summed E-state index contributed by atoms with van der Waals surface area (Å²) in [5, 5.41) is 0. The molecule has 3 atom stereocenters. The summed E-state index contributed by atoms with van der Waals surface area (Å²) < 4.78 is 5.64. The molecule has 0 aromatic rings. The van der Waals surface area contributed by atoms with Gasteiger partial charge in [-0.2, -0.15) is 0 Å². The Morgan fingerprint density at radius 1 is 1.47 bits per heavy atom. The summed E-state index contributed by atoms with van der Waals surface area (Å²) in [6.07, 6.45) is 2.69. The van der Waals surface area contributed by atoms with E-state index >= 15 is 0 Å². The van der Waals surface area contributed by atoms with E-state index in [9.17, 15) is 0 Å². The molecule has 0 spiro atoms. The van der Waals surface area contributed by atoms with Crippen LogP contribution >= 0.6 is 0 Å². The number of nitrogens with zero attached hydrogens (tertiary/aromatic N) is 1. The van der Waals surface area contributed by atoms with Gasteiger partial charge >= 0.3 is 0 Å². The van der Waals surface area contributed by atoms with Crippen LogP contribution < -0.4 is 5.73 Å². The van der Waals surface area contributed by atoms with E-state index in [-0.39, 0.29) is 0 Å². The molecule has 0 aliphatic carbocycles. The fourth-order valence-corrected chi connectivity index (χ4v) is 1.97. The Morgan fingerprint density at radius 2 is 2.20 bits per heavy atom. The molecule has 0 radical (unpaired) electrons. The van der Waals surface area contributed by atoms with Crippen LogP contribution in [0.25, 0.3) is 0 Å². The van der Waals surface area contributed by atoms with E-state index in [2.05, 4.69) is 25.7 Å². The number of hydrogen-bond donors (Lipinski definition) is 1. The molecule has 1 fully saturated rings. The predicted molar refractivity (Wildman–Crippen MR) is 63.9 cm³/mol. The van der Waals surface area contributed by atoms with Gasteiger partial charge in [-0.05, 0) is 12.3 Å². The van der Waals surface area contributed by atoms with Crippen molar-refractivity contribution in [1.29, 1.82) is 0 Å². The van der Waals surface area contributed by atoms with Crippen LogP contribution in [0.15, 0.2) is 0 Å². The Bertz CT molecular complexity index is 175. The van der Waals surface area contributed by atoms with Crippen LogP contribution in [0, 0.1) is 5.92 Å². The van der Waals surface area contributed by atoms with Crippen molar-refractivity contribution in [3.8, 4) is 0 Å². The highest BCUT2D eigenvalue weighted by Gasteiger charge is 2.21. The first-order valence-electron chi connectivity index (χ1n) is 6.26. The van der Waals surface area contributed by atoms with E-state index in [1.54, 1.807) is 0 Å². The minimum Gasteiger partial charge on any atom is -0.376 e. The summed E-state index contributed by atoms with van der Waals surface area (Å²) >= 11 is 0.